The third-order valence-electron chi connectivity index (χ3n) is 3.28. The van der Waals surface area contributed by atoms with Gasteiger partial charge < -0.3 is 5.73 Å². The zero-order valence-electron chi connectivity index (χ0n) is 11.2. The quantitative estimate of drug-likeness (QED) is 0.830. The Balaban J connectivity index is 0.00000200. The normalized spacial score (nSPS) is 13.4. The summed E-state index contributed by atoms with van der Waals surface area (Å²) in [6.45, 7) is 2.03. The molecule has 0 aliphatic rings. The van der Waals surface area contributed by atoms with Gasteiger partial charge in [0.15, 0.2) is 0 Å². The lowest BCUT2D eigenvalue weighted by atomic mass is 9.87. The van der Waals surface area contributed by atoms with Crippen LogP contribution >= 0.6 is 35.6 Å². The van der Waals surface area contributed by atoms with E-state index in [1.54, 1.807) is 0 Å². The van der Waals surface area contributed by atoms with Crippen molar-refractivity contribution < 1.29 is 0 Å². The molecule has 0 saturated heterocycles. The Morgan fingerprint density at radius 3 is 2.20 bits per heavy atom. The molecule has 0 spiro atoms. The van der Waals surface area contributed by atoms with Crippen LogP contribution in [0.15, 0.2) is 48.5 Å². The Morgan fingerprint density at radius 1 is 1.00 bits per heavy atom. The summed E-state index contributed by atoms with van der Waals surface area (Å²) in [4.78, 5) is 0. The smallest absolute Gasteiger partial charge is 0.0408 e. The van der Waals surface area contributed by atoms with E-state index in [2.05, 4.69) is 6.07 Å². The maximum Gasteiger partial charge on any atom is 0.0408 e. The predicted molar refractivity (Wildman–Crippen MR) is 90.2 cm³/mol. The Bertz CT molecular complexity index is 538. The molecule has 0 bridgehead atoms. The number of halogens is 3. The van der Waals surface area contributed by atoms with Gasteiger partial charge in [0.1, 0.15) is 0 Å². The highest BCUT2D eigenvalue weighted by Crippen LogP contribution is 2.26. The average Bonchev–Trinajstić information content (AvgIpc) is 2.37. The third kappa shape index (κ3) is 4.68. The Labute approximate surface area is 136 Å². The lowest BCUT2D eigenvalue weighted by molar-refractivity contribution is 0.565. The molecule has 0 heterocycles. The van der Waals surface area contributed by atoms with Crippen molar-refractivity contribution in [2.45, 2.75) is 25.3 Å². The SMILES string of the molecule is CC(N)C(Cc1ccc(Cl)cc1)c1cccc(Cl)c1.Cl. The monoisotopic (exact) mass is 329 g/mol. The van der Waals surface area contributed by atoms with Crippen LogP contribution < -0.4 is 5.73 Å². The van der Waals surface area contributed by atoms with Crippen LogP contribution in [0.5, 0.6) is 0 Å². The second kappa shape index (κ2) is 7.90. The molecule has 2 rings (SSSR count). The molecule has 4 heteroatoms. The van der Waals surface area contributed by atoms with E-state index in [-0.39, 0.29) is 24.4 Å². The van der Waals surface area contributed by atoms with Crippen LogP contribution in [0.4, 0.5) is 0 Å². The van der Waals surface area contributed by atoms with Gasteiger partial charge in [-0.05, 0) is 48.7 Å². The van der Waals surface area contributed by atoms with E-state index in [0.29, 0.717) is 0 Å². The topological polar surface area (TPSA) is 26.0 Å². The van der Waals surface area contributed by atoms with Gasteiger partial charge in [0.05, 0.1) is 0 Å². The summed E-state index contributed by atoms with van der Waals surface area (Å²) >= 11 is 12.0. The van der Waals surface area contributed by atoms with Crippen LogP contribution in [0.3, 0.4) is 0 Å². The second-order valence-electron chi connectivity index (χ2n) is 4.85. The summed E-state index contributed by atoms with van der Waals surface area (Å²) < 4.78 is 0. The van der Waals surface area contributed by atoms with Gasteiger partial charge in [-0.1, -0.05) is 47.5 Å². The minimum atomic E-state index is 0. The van der Waals surface area contributed by atoms with Crippen molar-refractivity contribution in [3.8, 4) is 0 Å². The predicted octanol–water partition coefficient (Wildman–Crippen LogP) is 5.09. The molecule has 2 unspecified atom stereocenters. The van der Waals surface area contributed by atoms with E-state index in [4.69, 9.17) is 28.9 Å². The van der Waals surface area contributed by atoms with Gasteiger partial charge in [-0.15, -0.1) is 12.4 Å². The van der Waals surface area contributed by atoms with E-state index in [0.717, 1.165) is 16.5 Å². The maximum atomic E-state index is 6.13. The van der Waals surface area contributed by atoms with E-state index in [1.165, 1.54) is 11.1 Å². The Morgan fingerprint density at radius 2 is 1.65 bits per heavy atom. The highest BCUT2D eigenvalue weighted by atomic mass is 35.5. The number of hydrogen-bond donors (Lipinski definition) is 1. The van der Waals surface area contributed by atoms with Gasteiger partial charge in [-0.25, -0.2) is 0 Å². The molecule has 0 amide bonds. The molecule has 0 radical (unpaired) electrons. The summed E-state index contributed by atoms with van der Waals surface area (Å²) in [7, 11) is 0. The highest BCUT2D eigenvalue weighted by molar-refractivity contribution is 6.30. The first kappa shape index (κ1) is 17.3. The first-order valence-electron chi connectivity index (χ1n) is 6.32. The van der Waals surface area contributed by atoms with Crippen LogP contribution in [-0.2, 0) is 6.42 Å². The summed E-state index contributed by atoms with van der Waals surface area (Å²) in [5.41, 5.74) is 8.53. The largest absolute Gasteiger partial charge is 0.327 e. The molecule has 108 valence electrons. The fourth-order valence-electron chi connectivity index (χ4n) is 2.22. The molecule has 0 aliphatic carbocycles. The maximum absolute atomic E-state index is 6.13. The van der Waals surface area contributed by atoms with E-state index in [9.17, 15) is 0 Å². The molecule has 2 aromatic rings. The van der Waals surface area contributed by atoms with Crippen molar-refractivity contribution in [3.05, 3.63) is 69.7 Å². The summed E-state index contributed by atoms with van der Waals surface area (Å²) in [6, 6.07) is 15.9. The summed E-state index contributed by atoms with van der Waals surface area (Å²) in [5.74, 6) is 0.250. The van der Waals surface area contributed by atoms with Gasteiger partial charge in [0, 0.05) is 22.0 Å². The van der Waals surface area contributed by atoms with Crippen molar-refractivity contribution in [1.82, 2.24) is 0 Å². The van der Waals surface area contributed by atoms with Gasteiger partial charge in [0.25, 0.3) is 0 Å². The van der Waals surface area contributed by atoms with Crippen molar-refractivity contribution in [1.29, 1.82) is 0 Å². The van der Waals surface area contributed by atoms with E-state index in [1.807, 2.05) is 49.4 Å². The van der Waals surface area contributed by atoms with Gasteiger partial charge in [-0.3, -0.25) is 0 Å². The molecule has 2 atom stereocenters. The van der Waals surface area contributed by atoms with Crippen LogP contribution in [0, 0.1) is 0 Å². The van der Waals surface area contributed by atoms with Crippen LogP contribution in [-0.4, -0.2) is 6.04 Å². The third-order valence-corrected chi connectivity index (χ3v) is 3.77. The first-order chi connectivity index (χ1) is 9.06. The lowest BCUT2D eigenvalue weighted by Gasteiger charge is -2.21. The van der Waals surface area contributed by atoms with Crippen molar-refractivity contribution in [2.24, 2.45) is 5.73 Å². The highest BCUT2D eigenvalue weighted by Gasteiger charge is 2.17. The Hall–Kier alpha value is -0.730. The molecule has 0 fully saturated rings. The number of nitrogens with two attached hydrogens (primary N) is 1. The minimum Gasteiger partial charge on any atom is -0.327 e. The lowest BCUT2D eigenvalue weighted by Crippen LogP contribution is -2.26. The molecule has 1 nitrogen and oxygen atoms in total. The summed E-state index contributed by atoms with van der Waals surface area (Å²) in [6.07, 6.45) is 0.884. The molecule has 0 aliphatic heterocycles. The number of hydrogen-bond acceptors (Lipinski definition) is 1. The van der Waals surface area contributed by atoms with Crippen LogP contribution in [0.25, 0.3) is 0 Å². The zero-order chi connectivity index (χ0) is 13.8. The van der Waals surface area contributed by atoms with Crippen molar-refractivity contribution >= 4 is 35.6 Å². The molecule has 20 heavy (non-hydrogen) atoms. The van der Waals surface area contributed by atoms with Crippen molar-refractivity contribution in [2.75, 3.05) is 0 Å². The Kier molecular flexibility index (Phi) is 6.84. The second-order valence-corrected chi connectivity index (χ2v) is 5.72. The van der Waals surface area contributed by atoms with Gasteiger partial charge >= 0.3 is 0 Å². The molecule has 0 saturated carbocycles. The van der Waals surface area contributed by atoms with Gasteiger partial charge in [-0.2, -0.15) is 0 Å². The van der Waals surface area contributed by atoms with E-state index < -0.39 is 0 Å². The molecular formula is C16H18Cl3N. The minimum absolute atomic E-state index is 0. The van der Waals surface area contributed by atoms with Crippen LogP contribution in [0.1, 0.15) is 24.0 Å². The molecule has 0 aromatic heterocycles. The zero-order valence-corrected chi connectivity index (χ0v) is 13.6. The fraction of sp³-hybridized carbons (Fsp3) is 0.250. The first-order valence-corrected chi connectivity index (χ1v) is 7.07. The molecular weight excluding hydrogens is 313 g/mol. The fourth-order valence-corrected chi connectivity index (χ4v) is 2.54. The van der Waals surface area contributed by atoms with Crippen molar-refractivity contribution in [3.63, 3.8) is 0 Å². The van der Waals surface area contributed by atoms with Gasteiger partial charge in [0.2, 0.25) is 0 Å². The number of benzene rings is 2. The molecule has 2 aromatic carbocycles. The average molecular weight is 331 g/mol. The molecule has 2 N–H and O–H groups in total. The van der Waals surface area contributed by atoms with E-state index >= 15 is 0 Å². The standard InChI is InChI=1S/C16H17Cl2N.ClH/c1-11(19)16(13-3-2-4-15(18)10-13)9-12-5-7-14(17)8-6-12;/h2-8,10-11,16H,9,19H2,1H3;1H. The van der Waals surface area contributed by atoms with Crippen LogP contribution in [0.2, 0.25) is 10.0 Å². The number of rotatable bonds is 4. The summed E-state index contributed by atoms with van der Waals surface area (Å²) in [5, 5.41) is 1.50.